The van der Waals surface area contributed by atoms with Crippen LogP contribution in [0.15, 0.2) is 18.2 Å². The zero-order valence-corrected chi connectivity index (χ0v) is 13.4. The van der Waals surface area contributed by atoms with Crippen molar-refractivity contribution in [1.29, 1.82) is 0 Å². The van der Waals surface area contributed by atoms with Crippen LogP contribution in [0.5, 0.6) is 11.5 Å². The van der Waals surface area contributed by atoms with E-state index in [4.69, 9.17) is 9.47 Å². The summed E-state index contributed by atoms with van der Waals surface area (Å²) in [7, 11) is 4.94. The van der Waals surface area contributed by atoms with Gasteiger partial charge in [-0.1, -0.05) is 12.1 Å². The lowest BCUT2D eigenvalue weighted by atomic mass is 10.1. The van der Waals surface area contributed by atoms with E-state index < -0.39 is 6.03 Å². The molecule has 0 bridgehead atoms. The monoisotopic (exact) mass is 309 g/mol. The van der Waals surface area contributed by atoms with Crippen LogP contribution in [0.1, 0.15) is 12.5 Å². The quantitative estimate of drug-likeness (QED) is 0.785. The van der Waals surface area contributed by atoms with Crippen molar-refractivity contribution in [2.45, 2.75) is 13.5 Å². The van der Waals surface area contributed by atoms with Crippen molar-refractivity contribution in [3.05, 3.63) is 23.8 Å². The number of rotatable bonds is 7. The third-order valence-corrected chi connectivity index (χ3v) is 2.93. The lowest BCUT2D eigenvalue weighted by Crippen LogP contribution is -2.43. The summed E-state index contributed by atoms with van der Waals surface area (Å²) in [4.78, 5) is 24.8. The second-order valence-electron chi connectivity index (χ2n) is 4.73. The Morgan fingerprint density at radius 2 is 1.95 bits per heavy atom. The average molecular weight is 309 g/mol. The minimum absolute atomic E-state index is 0.0947. The SMILES string of the molecule is CCNC(=O)NC(=O)CN(C)Cc1cccc(OC)c1OC. The number of imide groups is 1. The maximum Gasteiger partial charge on any atom is 0.321 e. The van der Waals surface area contributed by atoms with Gasteiger partial charge in [-0.05, 0) is 20.0 Å². The van der Waals surface area contributed by atoms with Crippen LogP contribution in [0, 0.1) is 0 Å². The van der Waals surface area contributed by atoms with Crippen LogP contribution in [0.2, 0.25) is 0 Å². The minimum atomic E-state index is -0.486. The van der Waals surface area contributed by atoms with Gasteiger partial charge in [-0.15, -0.1) is 0 Å². The van der Waals surface area contributed by atoms with Crippen molar-refractivity contribution in [1.82, 2.24) is 15.5 Å². The van der Waals surface area contributed by atoms with E-state index >= 15 is 0 Å². The molecule has 0 fully saturated rings. The molecule has 0 aromatic heterocycles. The van der Waals surface area contributed by atoms with E-state index in [9.17, 15) is 9.59 Å². The van der Waals surface area contributed by atoms with E-state index in [0.29, 0.717) is 24.6 Å². The van der Waals surface area contributed by atoms with Crippen molar-refractivity contribution in [2.75, 3.05) is 34.4 Å². The molecule has 1 aromatic carbocycles. The minimum Gasteiger partial charge on any atom is -0.493 e. The van der Waals surface area contributed by atoms with Crippen LogP contribution in [-0.4, -0.2) is 51.2 Å². The second-order valence-corrected chi connectivity index (χ2v) is 4.73. The molecule has 0 aliphatic heterocycles. The first-order chi connectivity index (χ1) is 10.5. The summed E-state index contributed by atoms with van der Waals surface area (Å²) in [6.45, 7) is 2.84. The number of methoxy groups -OCH3 is 2. The van der Waals surface area contributed by atoms with Crippen LogP contribution in [0.4, 0.5) is 4.79 Å². The van der Waals surface area contributed by atoms with E-state index in [1.807, 2.05) is 18.2 Å². The molecule has 3 amide bonds. The van der Waals surface area contributed by atoms with Crippen LogP contribution in [0.25, 0.3) is 0 Å². The largest absolute Gasteiger partial charge is 0.493 e. The number of carbonyl (C=O) groups excluding carboxylic acids is 2. The Labute approximate surface area is 130 Å². The summed E-state index contributed by atoms with van der Waals surface area (Å²) >= 11 is 0. The molecule has 0 unspecified atom stereocenters. The van der Waals surface area contributed by atoms with Crippen molar-refractivity contribution in [3.8, 4) is 11.5 Å². The van der Waals surface area contributed by atoms with Gasteiger partial charge in [0.05, 0.1) is 20.8 Å². The highest BCUT2D eigenvalue weighted by atomic mass is 16.5. The molecule has 1 rings (SSSR count). The summed E-state index contributed by atoms with van der Waals surface area (Å²) in [6.07, 6.45) is 0. The first-order valence-corrected chi connectivity index (χ1v) is 6.97. The first-order valence-electron chi connectivity index (χ1n) is 6.97. The van der Waals surface area contributed by atoms with Gasteiger partial charge in [-0.3, -0.25) is 15.0 Å². The first kappa shape index (κ1) is 17.8. The highest BCUT2D eigenvalue weighted by Crippen LogP contribution is 2.31. The Morgan fingerprint density at radius 3 is 2.55 bits per heavy atom. The third kappa shape index (κ3) is 5.25. The molecule has 0 heterocycles. The molecule has 22 heavy (non-hydrogen) atoms. The van der Waals surface area contributed by atoms with Gasteiger partial charge in [0.15, 0.2) is 11.5 Å². The van der Waals surface area contributed by atoms with Gasteiger partial charge in [-0.25, -0.2) is 4.79 Å². The highest BCUT2D eigenvalue weighted by molar-refractivity contribution is 5.95. The van der Waals surface area contributed by atoms with Crippen LogP contribution in [-0.2, 0) is 11.3 Å². The topological polar surface area (TPSA) is 79.9 Å². The van der Waals surface area contributed by atoms with Crippen molar-refractivity contribution < 1.29 is 19.1 Å². The molecule has 0 spiro atoms. The molecule has 2 N–H and O–H groups in total. The van der Waals surface area contributed by atoms with Crippen LogP contribution in [0.3, 0.4) is 0 Å². The summed E-state index contributed by atoms with van der Waals surface area (Å²) in [5.41, 5.74) is 0.898. The fraction of sp³-hybridized carbons (Fsp3) is 0.467. The lowest BCUT2D eigenvalue weighted by Gasteiger charge is -2.19. The number of nitrogens with one attached hydrogen (secondary N) is 2. The Hall–Kier alpha value is -2.28. The number of ether oxygens (including phenoxy) is 2. The zero-order valence-electron chi connectivity index (χ0n) is 13.4. The van der Waals surface area contributed by atoms with E-state index in [0.717, 1.165) is 5.56 Å². The number of amides is 3. The summed E-state index contributed by atoms with van der Waals surface area (Å²) in [5, 5.41) is 4.77. The van der Waals surface area contributed by atoms with Gasteiger partial charge >= 0.3 is 6.03 Å². The summed E-state index contributed by atoms with van der Waals surface area (Å²) in [6, 6.07) is 5.09. The molecule has 0 saturated carbocycles. The van der Waals surface area contributed by atoms with Crippen LogP contribution < -0.4 is 20.1 Å². The standard InChI is InChI=1S/C15H23N3O4/c1-5-16-15(20)17-13(19)10-18(2)9-11-7-6-8-12(21-3)14(11)22-4/h6-8H,5,9-10H2,1-4H3,(H2,16,17,19,20). The maximum atomic E-state index is 11.7. The van der Waals surface area contributed by atoms with Gasteiger partial charge < -0.3 is 14.8 Å². The Bertz CT molecular complexity index is 520. The van der Waals surface area contributed by atoms with E-state index in [1.54, 1.807) is 33.1 Å². The lowest BCUT2D eigenvalue weighted by molar-refractivity contribution is -0.120. The van der Waals surface area contributed by atoms with Gasteiger partial charge in [0.1, 0.15) is 0 Å². The third-order valence-electron chi connectivity index (χ3n) is 2.93. The Balaban J connectivity index is 2.63. The average Bonchev–Trinajstić information content (AvgIpc) is 2.46. The molecule has 7 nitrogen and oxygen atoms in total. The normalized spacial score (nSPS) is 10.2. The number of nitrogens with zero attached hydrogens (tertiary/aromatic N) is 1. The molecular formula is C15H23N3O4. The fourth-order valence-corrected chi connectivity index (χ4v) is 2.04. The summed E-state index contributed by atoms with van der Waals surface area (Å²) in [5.74, 6) is 0.913. The van der Waals surface area contributed by atoms with Crippen molar-refractivity contribution in [2.24, 2.45) is 0 Å². The number of hydrogen-bond acceptors (Lipinski definition) is 5. The van der Waals surface area contributed by atoms with E-state index in [1.165, 1.54) is 0 Å². The molecule has 122 valence electrons. The fourth-order valence-electron chi connectivity index (χ4n) is 2.04. The second kappa shape index (κ2) is 8.89. The predicted molar refractivity (Wildman–Crippen MR) is 83.1 cm³/mol. The Kier molecular flexibility index (Phi) is 7.18. The number of urea groups is 1. The highest BCUT2D eigenvalue weighted by Gasteiger charge is 2.14. The Morgan fingerprint density at radius 1 is 1.23 bits per heavy atom. The van der Waals surface area contributed by atoms with Gasteiger partial charge in [0, 0.05) is 18.7 Å². The van der Waals surface area contributed by atoms with E-state index in [2.05, 4.69) is 10.6 Å². The van der Waals surface area contributed by atoms with Gasteiger partial charge in [0.2, 0.25) is 5.91 Å². The number of likely N-dealkylation sites (N-methyl/N-ethyl adjacent to an activating group) is 1. The summed E-state index contributed by atoms with van der Waals surface area (Å²) < 4.78 is 10.6. The molecule has 0 aliphatic rings. The molecular weight excluding hydrogens is 286 g/mol. The number of benzene rings is 1. The molecule has 7 heteroatoms. The number of para-hydroxylation sites is 1. The van der Waals surface area contributed by atoms with E-state index in [-0.39, 0.29) is 12.5 Å². The van der Waals surface area contributed by atoms with Crippen LogP contribution >= 0.6 is 0 Å². The van der Waals surface area contributed by atoms with Crippen molar-refractivity contribution in [3.63, 3.8) is 0 Å². The van der Waals surface area contributed by atoms with Gasteiger partial charge in [-0.2, -0.15) is 0 Å². The van der Waals surface area contributed by atoms with Crippen molar-refractivity contribution >= 4 is 11.9 Å². The molecule has 0 aliphatic carbocycles. The number of hydrogen-bond donors (Lipinski definition) is 2. The zero-order chi connectivity index (χ0) is 16.5. The van der Waals surface area contributed by atoms with Gasteiger partial charge in [0.25, 0.3) is 0 Å². The predicted octanol–water partition coefficient (Wildman–Crippen LogP) is 0.981. The smallest absolute Gasteiger partial charge is 0.321 e. The molecule has 1 aromatic rings. The molecule has 0 radical (unpaired) electrons. The number of carbonyl (C=O) groups is 2. The molecule has 0 saturated heterocycles. The molecule has 0 atom stereocenters. The maximum absolute atomic E-state index is 11.7.